The van der Waals surface area contributed by atoms with E-state index in [2.05, 4.69) is 0 Å². The third-order valence-electron chi connectivity index (χ3n) is 2.76. The Morgan fingerprint density at radius 2 is 1.94 bits per heavy atom. The molecule has 1 heterocycles. The molecule has 0 aromatic carbocycles. The largest absolute Gasteiger partial charge is 0.444 e. The lowest BCUT2D eigenvalue weighted by Gasteiger charge is -2.48. The molecule has 1 rings (SSSR count). The van der Waals surface area contributed by atoms with E-state index in [-0.39, 0.29) is 24.2 Å². The number of ether oxygens (including phenoxy) is 2. The lowest BCUT2D eigenvalue weighted by molar-refractivity contribution is -0.104. The smallest absolute Gasteiger partial charge is 0.410 e. The van der Waals surface area contributed by atoms with Gasteiger partial charge in [0.1, 0.15) is 5.60 Å². The van der Waals surface area contributed by atoms with Crippen molar-refractivity contribution in [3.05, 3.63) is 0 Å². The maximum absolute atomic E-state index is 11.8. The minimum Gasteiger partial charge on any atom is -0.444 e. The van der Waals surface area contributed by atoms with E-state index in [9.17, 15) is 9.90 Å². The van der Waals surface area contributed by atoms with Crippen molar-refractivity contribution in [1.82, 2.24) is 4.90 Å². The summed E-state index contributed by atoms with van der Waals surface area (Å²) in [5.74, 6) is 0. The Labute approximate surface area is 109 Å². The van der Waals surface area contributed by atoms with Crippen molar-refractivity contribution in [3.8, 4) is 0 Å². The third-order valence-corrected chi connectivity index (χ3v) is 2.76. The summed E-state index contributed by atoms with van der Waals surface area (Å²) < 4.78 is 10.8. The molecule has 18 heavy (non-hydrogen) atoms. The van der Waals surface area contributed by atoms with E-state index in [1.54, 1.807) is 4.90 Å². The van der Waals surface area contributed by atoms with Gasteiger partial charge >= 0.3 is 6.09 Å². The molecule has 0 bridgehead atoms. The molecule has 1 fully saturated rings. The Morgan fingerprint density at radius 3 is 2.33 bits per heavy atom. The fourth-order valence-corrected chi connectivity index (χ4v) is 1.80. The molecule has 1 amide bonds. The molecule has 1 aliphatic rings. The molecular formula is C13H25NO4. The van der Waals surface area contributed by atoms with Crippen LogP contribution in [0, 0.1) is 5.41 Å². The summed E-state index contributed by atoms with van der Waals surface area (Å²) in [7, 11) is 0. The fraction of sp³-hybridized carbons (Fsp3) is 0.923. The van der Waals surface area contributed by atoms with Gasteiger partial charge in [-0.1, -0.05) is 0 Å². The van der Waals surface area contributed by atoms with Crippen molar-refractivity contribution in [1.29, 1.82) is 0 Å². The molecule has 0 aromatic rings. The van der Waals surface area contributed by atoms with Crippen LogP contribution in [0.15, 0.2) is 0 Å². The van der Waals surface area contributed by atoms with Crippen molar-refractivity contribution in [3.63, 3.8) is 0 Å². The molecule has 0 spiro atoms. The lowest BCUT2D eigenvalue weighted by atomic mass is 9.81. The summed E-state index contributed by atoms with van der Waals surface area (Å²) in [5.41, 5.74) is -0.801. The van der Waals surface area contributed by atoms with Crippen molar-refractivity contribution < 1.29 is 19.4 Å². The highest BCUT2D eigenvalue weighted by molar-refractivity contribution is 5.69. The van der Waals surface area contributed by atoms with Gasteiger partial charge in [0, 0.05) is 13.1 Å². The minimum atomic E-state index is -0.483. The zero-order valence-corrected chi connectivity index (χ0v) is 12.0. The maximum atomic E-state index is 11.8. The first kappa shape index (κ1) is 15.2. The van der Waals surface area contributed by atoms with E-state index in [1.165, 1.54) is 0 Å². The van der Waals surface area contributed by atoms with Gasteiger partial charge in [0.15, 0.2) is 0 Å². The number of aliphatic hydroxyl groups excluding tert-OH is 1. The highest BCUT2D eigenvalue weighted by Gasteiger charge is 2.46. The molecule has 1 aliphatic heterocycles. The SMILES string of the molecule is CC(C)OCC1(CO)CN(C(=O)OC(C)(C)C)C1. The number of carbonyl (C=O) groups excluding carboxylic acids is 1. The van der Waals surface area contributed by atoms with E-state index in [0.29, 0.717) is 19.7 Å². The Kier molecular flexibility index (Phi) is 4.61. The number of rotatable bonds is 4. The highest BCUT2D eigenvalue weighted by atomic mass is 16.6. The van der Waals surface area contributed by atoms with Gasteiger partial charge < -0.3 is 19.5 Å². The predicted molar refractivity (Wildman–Crippen MR) is 68.4 cm³/mol. The van der Waals surface area contributed by atoms with E-state index in [0.717, 1.165) is 0 Å². The second-order valence-corrected chi connectivity index (χ2v) is 6.35. The first-order valence-electron chi connectivity index (χ1n) is 6.38. The second-order valence-electron chi connectivity index (χ2n) is 6.35. The second kappa shape index (κ2) is 5.45. The van der Waals surface area contributed by atoms with Crippen molar-refractivity contribution in [2.75, 3.05) is 26.3 Å². The van der Waals surface area contributed by atoms with Gasteiger partial charge in [-0.05, 0) is 34.6 Å². The van der Waals surface area contributed by atoms with Crippen LogP contribution in [0.1, 0.15) is 34.6 Å². The summed E-state index contributed by atoms with van der Waals surface area (Å²) >= 11 is 0. The van der Waals surface area contributed by atoms with Crippen LogP contribution in [-0.4, -0.2) is 54.1 Å². The van der Waals surface area contributed by atoms with E-state index in [4.69, 9.17) is 9.47 Å². The van der Waals surface area contributed by atoms with Crippen LogP contribution in [0.4, 0.5) is 4.79 Å². The Morgan fingerprint density at radius 1 is 1.39 bits per heavy atom. The molecule has 1 saturated heterocycles. The monoisotopic (exact) mass is 259 g/mol. The van der Waals surface area contributed by atoms with Crippen molar-refractivity contribution in [2.24, 2.45) is 5.41 Å². The average molecular weight is 259 g/mol. The number of hydrogen-bond acceptors (Lipinski definition) is 4. The number of hydrogen-bond donors (Lipinski definition) is 1. The molecule has 5 nitrogen and oxygen atoms in total. The number of aliphatic hydroxyl groups is 1. The highest BCUT2D eigenvalue weighted by Crippen LogP contribution is 2.31. The van der Waals surface area contributed by atoms with Crippen molar-refractivity contribution >= 4 is 6.09 Å². The molecule has 1 N–H and O–H groups in total. The average Bonchev–Trinajstić information content (AvgIpc) is 2.13. The lowest BCUT2D eigenvalue weighted by Crippen LogP contribution is -2.63. The van der Waals surface area contributed by atoms with Crippen LogP contribution < -0.4 is 0 Å². The summed E-state index contributed by atoms with van der Waals surface area (Å²) in [4.78, 5) is 13.4. The zero-order chi connectivity index (χ0) is 14.0. The standard InChI is InChI=1S/C13H25NO4/c1-10(2)17-9-13(8-15)6-14(7-13)11(16)18-12(3,4)5/h10,15H,6-9H2,1-5H3. The Balaban J connectivity index is 2.42. The number of likely N-dealkylation sites (tertiary alicyclic amines) is 1. The Hall–Kier alpha value is -0.810. The van der Waals surface area contributed by atoms with Gasteiger partial charge in [0.05, 0.1) is 24.7 Å². The van der Waals surface area contributed by atoms with Gasteiger partial charge in [0.25, 0.3) is 0 Å². The zero-order valence-electron chi connectivity index (χ0n) is 12.0. The van der Waals surface area contributed by atoms with Crippen LogP contribution in [0.5, 0.6) is 0 Å². The molecule has 0 unspecified atom stereocenters. The first-order valence-corrected chi connectivity index (χ1v) is 6.38. The summed E-state index contributed by atoms with van der Waals surface area (Å²) in [6, 6.07) is 0. The van der Waals surface area contributed by atoms with E-state index in [1.807, 2.05) is 34.6 Å². The molecule has 0 radical (unpaired) electrons. The van der Waals surface area contributed by atoms with Crippen LogP contribution in [0.3, 0.4) is 0 Å². The summed E-state index contributed by atoms with van der Waals surface area (Å²) in [5, 5.41) is 9.42. The normalized spacial score (nSPS) is 18.7. The molecule has 0 aromatic heterocycles. The van der Waals surface area contributed by atoms with Crippen LogP contribution in [-0.2, 0) is 9.47 Å². The predicted octanol–water partition coefficient (Wildman–Crippen LogP) is 1.64. The molecule has 5 heteroatoms. The molecule has 0 aliphatic carbocycles. The van der Waals surface area contributed by atoms with Crippen molar-refractivity contribution in [2.45, 2.75) is 46.3 Å². The number of nitrogens with zero attached hydrogens (tertiary/aromatic N) is 1. The van der Waals surface area contributed by atoms with Gasteiger partial charge in [0.2, 0.25) is 0 Å². The summed E-state index contributed by atoms with van der Waals surface area (Å²) in [6.07, 6.45) is -0.194. The van der Waals surface area contributed by atoms with E-state index < -0.39 is 5.60 Å². The van der Waals surface area contributed by atoms with Crippen LogP contribution in [0.25, 0.3) is 0 Å². The summed E-state index contributed by atoms with van der Waals surface area (Å²) in [6.45, 7) is 10.9. The van der Waals surface area contributed by atoms with Gasteiger partial charge in [-0.3, -0.25) is 0 Å². The molecular weight excluding hydrogens is 234 g/mol. The van der Waals surface area contributed by atoms with E-state index >= 15 is 0 Å². The fourth-order valence-electron chi connectivity index (χ4n) is 1.80. The topological polar surface area (TPSA) is 59.0 Å². The van der Waals surface area contributed by atoms with Gasteiger partial charge in [-0.15, -0.1) is 0 Å². The first-order chi connectivity index (χ1) is 8.17. The quantitative estimate of drug-likeness (QED) is 0.834. The molecule has 0 atom stereocenters. The third kappa shape index (κ3) is 4.14. The number of carbonyl (C=O) groups is 1. The minimum absolute atomic E-state index is 0.0268. The molecule has 0 saturated carbocycles. The van der Waals surface area contributed by atoms with Gasteiger partial charge in [-0.2, -0.15) is 0 Å². The van der Waals surface area contributed by atoms with Crippen LogP contribution >= 0.6 is 0 Å². The maximum Gasteiger partial charge on any atom is 0.410 e. The Bertz CT molecular complexity index is 290. The van der Waals surface area contributed by atoms with Crippen LogP contribution in [0.2, 0.25) is 0 Å². The van der Waals surface area contributed by atoms with Gasteiger partial charge in [-0.25, -0.2) is 4.79 Å². The molecule has 106 valence electrons. The number of amides is 1.